The summed E-state index contributed by atoms with van der Waals surface area (Å²) in [5.41, 5.74) is 1.86. The lowest BCUT2D eigenvalue weighted by molar-refractivity contribution is 0.0944. The molecule has 3 aromatic rings. The molecule has 0 bridgehead atoms. The van der Waals surface area contributed by atoms with Gasteiger partial charge in [-0.2, -0.15) is 5.10 Å². The molecule has 0 saturated carbocycles. The van der Waals surface area contributed by atoms with Gasteiger partial charge in [-0.25, -0.2) is 0 Å². The van der Waals surface area contributed by atoms with E-state index in [1.165, 1.54) is 11.3 Å². The molecule has 2 N–H and O–H groups in total. The van der Waals surface area contributed by atoms with Crippen LogP contribution in [-0.4, -0.2) is 20.7 Å². The van der Waals surface area contributed by atoms with Crippen molar-refractivity contribution in [1.82, 2.24) is 20.1 Å². The SMILES string of the molecule is CC(NC(=O)c1sccc1-n1cccc1)c1cn[nH]c1. The molecule has 1 amide bonds. The summed E-state index contributed by atoms with van der Waals surface area (Å²) in [5.74, 6) is -0.0719. The fourth-order valence-electron chi connectivity index (χ4n) is 2.01. The molecule has 5 nitrogen and oxygen atoms in total. The van der Waals surface area contributed by atoms with E-state index in [2.05, 4.69) is 15.5 Å². The quantitative estimate of drug-likeness (QED) is 0.774. The first-order valence-electron chi connectivity index (χ1n) is 6.26. The van der Waals surface area contributed by atoms with Crippen molar-refractivity contribution in [3.63, 3.8) is 0 Å². The van der Waals surface area contributed by atoms with Gasteiger partial charge in [0.2, 0.25) is 0 Å². The van der Waals surface area contributed by atoms with Gasteiger partial charge in [-0.15, -0.1) is 11.3 Å². The first-order valence-corrected chi connectivity index (χ1v) is 7.14. The third kappa shape index (κ3) is 2.37. The van der Waals surface area contributed by atoms with E-state index in [0.29, 0.717) is 4.88 Å². The average molecular weight is 286 g/mol. The molecule has 0 fully saturated rings. The Morgan fingerprint density at radius 1 is 1.45 bits per heavy atom. The number of carbonyl (C=O) groups excluding carboxylic acids is 1. The van der Waals surface area contributed by atoms with Gasteiger partial charge in [-0.1, -0.05) is 0 Å². The molecule has 1 unspecified atom stereocenters. The maximum absolute atomic E-state index is 12.4. The van der Waals surface area contributed by atoms with Gasteiger partial charge in [0.1, 0.15) is 4.88 Å². The van der Waals surface area contributed by atoms with Crippen LogP contribution < -0.4 is 5.32 Å². The average Bonchev–Trinajstić information content (AvgIpc) is 3.19. The lowest BCUT2D eigenvalue weighted by Crippen LogP contribution is -2.26. The highest BCUT2D eigenvalue weighted by Gasteiger charge is 2.17. The Labute approximate surface area is 120 Å². The summed E-state index contributed by atoms with van der Waals surface area (Å²) in [5, 5.41) is 11.6. The molecular formula is C14H14N4OS. The molecular weight excluding hydrogens is 272 g/mol. The van der Waals surface area contributed by atoms with Crippen molar-refractivity contribution in [3.8, 4) is 5.69 Å². The Bertz CT molecular complexity index is 685. The molecule has 3 aromatic heterocycles. The van der Waals surface area contributed by atoms with Crippen molar-refractivity contribution in [2.75, 3.05) is 0 Å². The van der Waals surface area contributed by atoms with Crippen LogP contribution in [0.15, 0.2) is 48.4 Å². The minimum atomic E-state index is -0.0825. The number of carbonyl (C=O) groups is 1. The zero-order valence-corrected chi connectivity index (χ0v) is 11.7. The third-order valence-corrected chi connectivity index (χ3v) is 4.00. The minimum absolute atomic E-state index is 0.0719. The van der Waals surface area contributed by atoms with Crippen LogP contribution in [0.3, 0.4) is 0 Å². The number of aromatic nitrogens is 3. The number of rotatable bonds is 4. The van der Waals surface area contributed by atoms with Crippen LogP contribution in [0.25, 0.3) is 5.69 Å². The van der Waals surface area contributed by atoms with E-state index < -0.39 is 0 Å². The van der Waals surface area contributed by atoms with Gasteiger partial charge >= 0.3 is 0 Å². The number of hydrogen-bond acceptors (Lipinski definition) is 3. The minimum Gasteiger partial charge on any atom is -0.345 e. The first-order chi connectivity index (χ1) is 9.75. The molecule has 0 radical (unpaired) electrons. The molecule has 0 aromatic carbocycles. The van der Waals surface area contributed by atoms with Crippen molar-refractivity contribution in [2.45, 2.75) is 13.0 Å². The second-order valence-electron chi connectivity index (χ2n) is 4.45. The van der Waals surface area contributed by atoms with Crippen molar-refractivity contribution >= 4 is 17.2 Å². The monoisotopic (exact) mass is 286 g/mol. The van der Waals surface area contributed by atoms with E-state index in [9.17, 15) is 4.79 Å². The summed E-state index contributed by atoms with van der Waals surface area (Å²) < 4.78 is 1.94. The van der Waals surface area contributed by atoms with Gasteiger partial charge in [0.15, 0.2) is 0 Å². The van der Waals surface area contributed by atoms with Crippen molar-refractivity contribution in [1.29, 1.82) is 0 Å². The smallest absolute Gasteiger partial charge is 0.263 e. The molecule has 3 rings (SSSR count). The van der Waals surface area contributed by atoms with E-state index in [1.54, 1.807) is 12.4 Å². The van der Waals surface area contributed by atoms with E-state index in [1.807, 2.05) is 47.5 Å². The van der Waals surface area contributed by atoms with Crippen molar-refractivity contribution in [2.24, 2.45) is 0 Å². The van der Waals surface area contributed by atoms with Gasteiger partial charge in [0.25, 0.3) is 5.91 Å². The molecule has 1 atom stereocenters. The molecule has 6 heteroatoms. The summed E-state index contributed by atoms with van der Waals surface area (Å²) >= 11 is 1.44. The highest BCUT2D eigenvalue weighted by atomic mass is 32.1. The third-order valence-electron chi connectivity index (χ3n) is 3.10. The molecule has 0 aliphatic carbocycles. The van der Waals surface area contributed by atoms with E-state index in [0.717, 1.165) is 11.3 Å². The van der Waals surface area contributed by atoms with Crippen LogP contribution in [0.1, 0.15) is 28.2 Å². The zero-order valence-electron chi connectivity index (χ0n) is 10.9. The Hall–Kier alpha value is -2.34. The van der Waals surface area contributed by atoms with Crippen molar-refractivity contribution < 1.29 is 4.79 Å². The lowest BCUT2D eigenvalue weighted by atomic mass is 10.2. The summed E-state index contributed by atoms with van der Waals surface area (Å²) in [7, 11) is 0. The van der Waals surface area contributed by atoms with Crippen LogP contribution in [-0.2, 0) is 0 Å². The Morgan fingerprint density at radius 2 is 2.25 bits per heavy atom. The summed E-state index contributed by atoms with van der Waals surface area (Å²) in [4.78, 5) is 13.1. The van der Waals surface area contributed by atoms with Crippen molar-refractivity contribution in [3.05, 3.63) is 58.8 Å². The number of amides is 1. The number of thiophene rings is 1. The second kappa shape index (κ2) is 5.34. The van der Waals surface area contributed by atoms with Crippen LogP contribution >= 0.6 is 11.3 Å². The summed E-state index contributed by atoms with van der Waals surface area (Å²) in [6.45, 7) is 1.94. The maximum atomic E-state index is 12.4. The fraction of sp³-hybridized carbons (Fsp3) is 0.143. The number of aromatic amines is 1. The van der Waals surface area contributed by atoms with Crippen LogP contribution in [0.5, 0.6) is 0 Å². The van der Waals surface area contributed by atoms with E-state index in [-0.39, 0.29) is 11.9 Å². The normalized spacial score (nSPS) is 12.2. The summed E-state index contributed by atoms with van der Waals surface area (Å²) in [6, 6.07) is 5.74. The van der Waals surface area contributed by atoms with Crippen LogP contribution in [0.4, 0.5) is 0 Å². The van der Waals surface area contributed by atoms with Crippen LogP contribution in [0, 0.1) is 0 Å². The summed E-state index contributed by atoms with van der Waals surface area (Å²) in [6.07, 6.45) is 7.36. The predicted octanol–water partition coefficient (Wildman–Crippen LogP) is 2.75. The van der Waals surface area contributed by atoms with Crippen LogP contribution in [0.2, 0.25) is 0 Å². The lowest BCUT2D eigenvalue weighted by Gasteiger charge is -2.12. The largest absolute Gasteiger partial charge is 0.345 e. The van der Waals surface area contributed by atoms with Gasteiger partial charge in [0.05, 0.1) is 17.9 Å². The molecule has 20 heavy (non-hydrogen) atoms. The molecule has 0 spiro atoms. The molecule has 0 saturated heterocycles. The van der Waals surface area contributed by atoms with E-state index >= 15 is 0 Å². The topological polar surface area (TPSA) is 62.7 Å². The molecule has 0 aliphatic rings. The number of nitrogens with one attached hydrogen (secondary N) is 2. The first kappa shape index (κ1) is 12.7. The second-order valence-corrected chi connectivity index (χ2v) is 5.37. The predicted molar refractivity (Wildman–Crippen MR) is 78.1 cm³/mol. The maximum Gasteiger partial charge on any atom is 0.263 e. The van der Waals surface area contributed by atoms with Gasteiger partial charge in [-0.05, 0) is 30.5 Å². The molecule has 102 valence electrons. The van der Waals surface area contributed by atoms with Gasteiger partial charge < -0.3 is 9.88 Å². The zero-order chi connectivity index (χ0) is 13.9. The van der Waals surface area contributed by atoms with Gasteiger partial charge in [0, 0.05) is 24.2 Å². The molecule has 3 heterocycles. The number of H-pyrrole nitrogens is 1. The van der Waals surface area contributed by atoms with Gasteiger partial charge in [-0.3, -0.25) is 9.89 Å². The number of hydrogen-bond donors (Lipinski definition) is 2. The Kier molecular flexibility index (Phi) is 3.39. The Morgan fingerprint density at radius 3 is 2.95 bits per heavy atom. The Balaban J connectivity index is 1.80. The molecule has 0 aliphatic heterocycles. The fourth-order valence-corrected chi connectivity index (χ4v) is 2.81. The standard InChI is InChI=1S/C14H14N4OS/c1-10(11-8-15-16-9-11)17-14(19)13-12(4-7-20-13)18-5-2-3-6-18/h2-10H,1H3,(H,15,16)(H,17,19). The highest BCUT2D eigenvalue weighted by Crippen LogP contribution is 2.22. The highest BCUT2D eigenvalue weighted by molar-refractivity contribution is 7.12. The van der Waals surface area contributed by atoms with E-state index in [4.69, 9.17) is 0 Å². The number of nitrogens with zero attached hydrogens (tertiary/aromatic N) is 2.